The molecule has 1 saturated heterocycles. The molecule has 2 rings (SSSR count). The van der Waals surface area contributed by atoms with Gasteiger partial charge in [0.25, 0.3) is 5.56 Å². The third-order valence-corrected chi connectivity index (χ3v) is 4.19. The van der Waals surface area contributed by atoms with Crippen LogP contribution in [-0.2, 0) is 0 Å². The maximum Gasteiger partial charge on any atom is 0.325 e. The fourth-order valence-corrected chi connectivity index (χ4v) is 3.17. The van der Waals surface area contributed by atoms with Gasteiger partial charge in [0, 0.05) is 17.0 Å². The average Bonchev–Trinajstić information content (AvgIpc) is 2.46. The molecule has 0 bridgehead atoms. The zero-order valence-corrected chi connectivity index (χ0v) is 9.32. The van der Waals surface area contributed by atoms with Gasteiger partial charge in [-0.05, 0) is 0 Å². The Morgan fingerprint density at radius 1 is 1.31 bits per heavy atom. The summed E-state index contributed by atoms with van der Waals surface area (Å²) in [6, 6.07) is 0. The Bertz CT molecular complexity index is 497. The summed E-state index contributed by atoms with van der Waals surface area (Å²) < 4.78 is 0. The third-order valence-electron chi connectivity index (χ3n) is 2.66. The fraction of sp³-hybridized carbons (Fsp3) is 0.556. The van der Waals surface area contributed by atoms with Crippen LogP contribution >= 0.6 is 11.8 Å². The predicted molar refractivity (Wildman–Crippen MR) is 59.5 cm³/mol. The number of aliphatic hydroxyl groups excluding tert-OH is 2. The number of hydrogen-bond donors (Lipinski definition) is 4. The van der Waals surface area contributed by atoms with Crippen LogP contribution in [0.2, 0.25) is 0 Å². The second kappa shape index (κ2) is 4.08. The highest BCUT2D eigenvalue weighted by molar-refractivity contribution is 8.00. The predicted octanol–water partition coefficient (Wildman–Crippen LogP) is -1.04. The van der Waals surface area contributed by atoms with Crippen LogP contribution in [0.4, 0.5) is 0 Å². The summed E-state index contributed by atoms with van der Waals surface area (Å²) in [7, 11) is 0. The Kier molecular flexibility index (Phi) is 2.92. The van der Waals surface area contributed by atoms with Gasteiger partial charge in [0.1, 0.15) is 0 Å². The number of nitrogens with one attached hydrogen (secondary N) is 2. The Morgan fingerprint density at radius 3 is 2.50 bits per heavy atom. The zero-order valence-electron chi connectivity index (χ0n) is 8.51. The molecule has 0 saturated carbocycles. The van der Waals surface area contributed by atoms with Crippen molar-refractivity contribution in [1.82, 2.24) is 9.97 Å². The third kappa shape index (κ3) is 1.81. The number of aromatic nitrogens is 2. The lowest BCUT2D eigenvalue weighted by Gasteiger charge is -2.14. The number of aliphatic hydroxyl groups is 2. The number of rotatable bonds is 1. The largest absolute Gasteiger partial charge is 0.389 e. The molecule has 1 aliphatic heterocycles. The molecule has 0 aromatic carbocycles. The highest BCUT2D eigenvalue weighted by Gasteiger charge is 2.41. The van der Waals surface area contributed by atoms with E-state index < -0.39 is 28.7 Å². The first-order valence-corrected chi connectivity index (χ1v) is 5.78. The molecule has 6 nitrogen and oxygen atoms in total. The lowest BCUT2D eigenvalue weighted by molar-refractivity contribution is 0.0299. The number of thioether (sulfide) groups is 1. The second-order valence-corrected chi connectivity index (χ2v) is 5.29. The normalized spacial score (nSPS) is 34.2. The van der Waals surface area contributed by atoms with Gasteiger partial charge in [0.2, 0.25) is 0 Å². The molecule has 88 valence electrons. The van der Waals surface area contributed by atoms with E-state index in [9.17, 15) is 19.8 Å². The Balaban J connectivity index is 2.39. The van der Waals surface area contributed by atoms with Crippen molar-refractivity contribution in [3.05, 3.63) is 32.6 Å². The van der Waals surface area contributed by atoms with Crippen LogP contribution in [0.25, 0.3) is 0 Å². The molecule has 0 aliphatic carbocycles. The molecular weight excluding hydrogens is 232 g/mol. The minimum atomic E-state index is -0.994. The summed E-state index contributed by atoms with van der Waals surface area (Å²) >= 11 is 1.31. The van der Waals surface area contributed by atoms with Gasteiger partial charge in [-0.15, -0.1) is 11.8 Å². The summed E-state index contributed by atoms with van der Waals surface area (Å²) in [5.41, 5.74) is -0.832. The van der Waals surface area contributed by atoms with Crippen molar-refractivity contribution in [1.29, 1.82) is 0 Å². The first-order chi connectivity index (χ1) is 7.50. The van der Waals surface area contributed by atoms with Crippen molar-refractivity contribution in [2.45, 2.75) is 29.6 Å². The zero-order chi connectivity index (χ0) is 11.9. The van der Waals surface area contributed by atoms with Gasteiger partial charge in [-0.2, -0.15) is 0 Å². The van der Waals surface area contributed by atoms with Crippen molar-refractivity contribution in [3.63, 3.8) is 0 Å². The Morgan fingerprint density at radius 2 is 2.00 bits per heavy atom. The molecule has 7 heteroatoms. The van der Waals surface area contributed by atoms with Crippen LogP contribution in [0.5, 0.6) is 0 Å². The molecule has 0 amide bonds. The fourth-order valence-electron chi connectivity index (χ4n) is 1.74. The van der Waals surface area contributed by atoms with Crippen LogP contribution in [0, 0.1) is 0 Å². The van der Waals surface area contributed by atoms with Crippen molar-refractivity contribution in [3.8, 4) is 0 Å². The molecule has 4 N–H and O–H groups in total. The summed E-state index contributed by atoms with van der Waals surface area (Å²) in [5, 5.41) is 18.7. The van der Waals surface area contributed by atoms with Crippen molar-refractivity contribution in [2.75, 3.05) is 0 Å². The molecule has 1 fully saturated rings. The molecule has 0 unspecified atom stereocenters. The molecule has 2 heterocycles. The van der Waals surface area contributed by atoms with Gasteiger partial charge in [0.05, 0.1) is 17.5 Å². The van der Waals surface area contributed by atoms with E-state index in [1.807, 2.05) is 0 Å². The van der Waals surface area contributed by atoms with Gasteiger partial charge in [0.15, 0.2) is 0 Å². The Labute approximate surface area is 94.7 Å². The molecule has 1 aromatic heterocycles. The molecule has 16 heavy (non-hydrogen) atoms. The van der Waals surface area contributed by atoms with Gasteiger partial charge >= 0.3 is 5.69 Å². The highest BCUT2D eigenvalue weighted by Crippen LogP contribution is 2.43. The van der Waals surface area contributed by atoms with E-state index >= 15 is 0 Å². The smallest absolute Gasteiger partial charge is 0.325 e. The minimum absolute atomic E-state index is 0.147. The molecule has 0 spiro atoms. The first kappa shape index (κ1) is 11.4. The lowest BCUT2D eigenvalue weighted by atomic mass is 10.0. The Hall–Kier alpha value is -1.05. The van der Waals surface area contributed by atoms with Crippen molar-refractivity contribution in [2.24, 2.45) is 0 Å². The van der Waals surface area contributed by atoms with Crippen LogP contribution in [-0.4, -0.2) is 37.6 Å². The highest BCUT2D eigenvalue weighted by atomic mass is 32.2. The van der Waals surface area contributed by atoms with E-state index in [4.69, 9.17) is 0 Å². The van der Waals surface area contributed by atoms with Gasteiger partial charge in [-0.25, -0.2) is 4.79 Å². The lowest BCUT2D eigenvalue weighted by Crippen LogP contribution is -2.32. The molecule has 1 aromatic rings. The van der Waals surface area contributed by atoms with Crippen LogP contribution in [0.15, 0.2) is 15.8 Å². The molecule has 0 radical (unpaired) electrons. The second-order valence-electron chi connectivity index (χ2n) is 3.77. The monoisotopic (exact) mass is 244 g/mol. The minimum Gasteiger partial charge on any atom is -0.389 e. The quantitative estimate of drug-likeness (QED) is 0.505. The molecular formula is C9H12N2O4S. The van der Waals surface area contributed by atoms with E-state index in [1.54, 1.807) is 6.92 Å². The van der Waals surface area contributed by atoms with Crippen molar-refractivity contribution >= 4 is 11.8 Å². The number of aromatic amines is 2. The summed E-state index contributed by atoms with van der Waals surface area (Å²) in [4.78, 5) is 26.8. The summed E-state index contributed by atoms with van der Waals surface area (Å²) in [5.74, 6) is 0. The summed E-state index contributed by atoms with van der Waals surface area (Å²) in [6.45, 7) is 1.78. The number of H-pyrrole nitrogens is 2. The topological polar surface area (TPSA) is 106 Å². The average molecular weight is 244 g/mol. The van der Waals surface area contributed by atoms with E-state index in [0.29, 0.717) is 0 Å². The standard InChI is InChI=1S/C9H12N2O4S/c1-3-5(12)6(13)7(16-3)4-2-10-9(15)11-8(4)14/h2-3,5-7,12-13H,1H3,(H2,10,11,14,15)/t3-,5-,6-,7+/m1/s1. The van der Waals surface area contributed by atoms with E-state index in [1.165, 1.54) is 18.0 Å². The van der Waals surface area contributed by atoms with Crippen LogP contribution < -0.4 is 11.2 Å². The van der Waals surface area contributed by atoms with E-state index in [2.05, 4.69) is 9.97 Å². The van der Waals surface area contributed by atoms with Gasteiger partial charge in [-0.3, -0.25) is 9.78 Å². The van der Waals surface area contributed by atoms with E-state index in [0.717, 1.165) is 0 Å². The maximum atomic E-state index is 11.5. The molecule has 1 aliphatic rings. The van der Waals surface area contributed by atoms with E-state index in [-0.39, 0.29) is 10.8 Å². The summed E-state index contributed by atoms with van der Waals surface area (Å²) in [6.07, 6.45) is -0.569. The molecule has 4 atom stereocenters. The number of hydrogen-bond acceptors (Lipinski definition) is 5. The van der Waals surface area contributed by atoms with Gasteiger partial charge < -0.3 is 15.2 Å². The van der Waals surface area contributed by atoms with Crippen LogP contribution in [0.3, 0.4) is 0 Å². The first-order valence-electron chi connectivity index (χ1n) is 4.84. The van der Waals surface area contributed by atoms with Gasteiger partial charge in [-0.1, -0.05) is 6.92 Å². The maximum absolute atomic E-state index is 11.5. The van der Waals surface area contributed by atoms with Crippen molar-refractivity contribution < 1.29 is 10.2 Å². The van der Waals surface area contributed by atoms with Crippen LogP contribution in [0.1, 0.15) is 17.7 Å². The SMILES string of the molecule is C[C@H]1S[C@@H](c2c[nH]c(=O)[nH]c2=O)[C@H](O)[C@@H]1O.